The van der Waals surface area contributed by atoms with Gasteiger partial charge in [0.1, 0.15) is 5.75 Å². The van der Waals surface area contributed by atoms with E-state index in [1.165, 1.54) is 17.5 Å². The van der Waals surface area contributed by atoms with Crippen molar-refractivity contribution in [2.24, 2.45) is 0 Å². The molecule has 34 heavy (non-hydrogen) atoms. The summed E-state index contributed by atoms with van der Waals surface area (Å²) in [5, 5.41) is 2.68. The van der Waals surface area contributed by atoms with E-state index in [2.05, 4.69) is 5.32 Å². The van der Waals surface area contributed by atoms with Gasteiger partial charge in [0, 0.05) is 32.2 Å². The highest BCUT2D eigenvalue weighted by atomic mass is 32.2. The summed E-state index contributed by atoms with van der Waals surface area (Å²) < 4.78 is 43.9. The maximum atomic E-state index is 13.3. The molecule has 10 nitrogen and oxygen atoms in total. The highest BCUT2D eigenvalue weighted by Crippen LogP contribution is 2.34. The van der Waals surface area contributed by atoms with Crippen LogP contribution < -0.4 is 19.5 Å². The Bertz CT molecular complexity index is 1220. The molecular weight excluding hydrogens is 462 g/mol. The van der Waals surface area contributed by atoms with Gasteiger partial charge in [-0.1, -0.05) is 6.07 Å². The van der Waals surface area contributed by atoms with Crippen LogP contribution in [-0.2, 0) is 26.0 Å². The van der Waals surface area contributed by atoms with Crippen LogP contribution in [0.5, 0.6) is 17.2 Å². The number of rotatable bonds is 6. The third-order valence-corrected chi connectivity index (χ3v) is 7.96. The molecule has 2 aromatic rings. The Labute approximate surface area is 198 Å². The van der Waals surface area contributed by atoms with E-state index in [1.807, 2.05) is 6.07 Å². The van der Waals surface area contributed by atoms with Gasteiger partial charge in [-0.15, -0.1) is 0 Å². The Hall–Kier alpha value is -3.31. The first-order valence-corrected chi connectivity index (χ1v) is 12.2. The lowest BCUT2D eigenvalue weighted by Gasteiger charge is -2.34. The van der Waals surface area contributed by atoms with Crippen LogP contribution in [0.25, 0.3) is 0 Å². The number of sulfonamides is 1. The number of hydrogen-bond acceptors (Lipinski definition) is 7. The zero-order chi connectivity index (χ0) is 24.5. The molecule has 1 saturated heterocycles. The zero-order valence-corrected chi connectivity index (χ0v) is 20.1. The van der Waals surface area contributed by atoms with Crippen molar-refractivity contribution in [3.8, 4) is 17.2 Å². The molecule has 0 aromatic heterocycles. The first-order chi connectivity index (χ1) is 16.2. The van der Waals surface area contributed by atoms with E-state index >= 15 is 0 Å². The number of aryl methyl sites for hydroxylation is 1. The van der Waals surface area contributed by atoms with Crippen molar-refractivity contribution in [2.45, 2.75) is 18.2 Å². The van der Waals surface area contributed by atoms with Crippen molar-refractivity contribution in [1.29, 1.82) is 0 Å². The summed E-state index contributed by atoms with van der Waals surface area (Å²) in [6.07, 6.45) is 0.181. The Kier molecular flexibility index (Phi) is 6.67. The molecule has 2 heterocycles. The van der Waals surface area contributed by atoms with E-state index in [0.717, 1.165) is 5.56 Å². The maximum absolute atomic E-state index is 13.3. The molecule has 0 aliphatic carbocycles. The van der Waals surface area contributed by atoms with Gasteiger partial charge < -0.3 is 24.4 Å². The van der Waals surface area contributed by atoms with Crippen LogP contribution in [0.4, 0.5) is 5.69 Å². The number of benzene rings is 2. The Morgan fingerprint density at radius 1 is 1.06 bits per heavy atom. The minimum atomic E-state index is -3.79. The fourth-order valence-corrected chi connectivity index (χ4v) is 5.73. The topological polar surface area (TPSA) is 114 Å². The molecule has 2 aromatic carbocycles. The van der Waals surface area contributed by atoms with Crippen molar-refractivity contribution in [3.63, 3.8) is 0 Å². The maximum Gasteiger partial charge on any atom is 0.262 e. The van der Waals surface area contributed by atoms with Gasteiger partial charge in [0.05, 0.1) is 31.2 Å². The largest absolute Gasteiger partial charge is 0.493 e. The van der Waals surface area contributed by atoms with Crippen molar-refractivity contribution in [1.82, 2.24) is 9.21 Å². The normalized spacial score (nSPS) is 16.3. The SMILES string of the molecule is COc1ccc(CC(=O)N2CCN(S(=O)(=O)c3cc4c(cc3C)NC(=O)CO4)CC2)cc1OC. The number of anilines is 1. The van der Waals surface area contributed by atoms with Crippen LogP contribution in [0.2, 0.25) is 0 Å². The zero-order valence-electron chi connectivity index (χ0n) is 19.3. The van der Waals surface area contributed by atoms with Gasteiger partial charge in [-0.3, -0.25) is 9.59 Å². The van der Waals surface area contributed by atoms with Gasteiger partial charge in [-0.05, 0) is 36.2 Å². The van der Waals surface area contributed by atoms with E-state index in [1.54, 1.807) is 37.1 Å². The molecule has 0 atom stereocenters. The third kappa shape index (κ3) is 4.66. The van der Waals surface area contributed by atoms with Gasteiger partial charge >= 0.3 is 0 Å². The molecule has 0 saturated carbocycles. The highest BCUT2D eigenvalue weighted by molar-refractivity contribution is 7.89. The standard InChI is InChI=1S/C23H27N3O7S/c1-15-10-17-19(33-14-22(27)24-17)13-21(15)34(29,30)26-8-6-25(7-9-26)23(28)12-16-4-5-18(31-2)20(11-16)32-3/h4-5,10-11,13H,6-9,12,14H2,1-3H3,(H,24,27). The van der Waals surface area contributed by atoms with Crippen molar-refractivity contribution >= 4 is 27.5 Å². The van der Waals surface area contributed by atoms with Gasteiger partial charge in [-0.2, -0.15) is 4.31 Å². The lowest BCUT2D eigenvalue weighted by atomic mass is 10.1. The van der Waals surface area contributed by atoms with E-state index in [-0.39, 0.29) is 42.8 Å². The van der Waals surface area contributed by atoms with E-state index < -0.39 is 10.0 Å². The second-order valence-electron chi connectivity index (χ2n) is 8.10. The van der Waals surface area contributed by atoms with E-state index in [0.29, 0.717) is 41.6 Å². The van der Waals surface area contributed by atoms with Crippen LogP contribution in [0.3, 0.4) is 0 Å². The average Bonchev–Trinajstić information content (AvgIpc) is 2.83. The second kappa shape index (κ2) is 9.51. The Balaban J connectivity index is 1.42. The molecule has 4 rings (SSSR count). The molecule has 2 aliphatic heterocycles. The quantitative estimate of drug-likeness (QED) is 0.653. The molecular formula is C23H27N3O7S. The summed E-state index contributed by atoms with van der Waals surface area (Å²) in [7, 11) is -0.707. The summed E-state index contributed by atoms with van der Waals surface area (Å²) in [6.45, 7) is 2.49. The predicted octanol–water partition coefficient (Wildman–Crippen LogP) is 1.42. The van der Waals surface area contributed by atoms with Crippen LogP contribution in [0.1, 0.15) is 11.1 Å². The van der Waals surface area contributed by atoms with E-state index in [9.17, 15) is 18.0 Å². The molecule has 0 spiro atoms. The fourth-order valence-electron chi connectivity index (χ4n) is 4.09. The van der Waals surface area contributed by atoms with Crippen molar-refractivity contribution < 1.29 is 32.2 Å². The van der Waals surface area contributed by atoms with Gasteiger partial charge in [0.15, 0.2) is 18.1 Å². The van der Waals surface area contributed by atoms with Crippen molar-refractivity contribution in [3.05, 3.63) is 41.5 Å². The molecule has 0 radical (unpaired) electrons. The number of fused-ring (bicyclic) bond motifs is 1. The van der Waals surface area contributed by atoms with Crippen LogP contribution in [0, 0.1) is 6.92 Å². The molecule has 1 N–H and O–H groups in total. The van der Waals surface area contributed by atoms with Crippen LogP contribution in [0.15, 0.2) is 35.2 Å². The lowest BCUT2D eigenvalue weighted by molar-refractivity contribution is -0.131. The number of piperazine rings is 1. The smallest absolute Gasteiger partial charge is 0.262 e. The number of methoxy groups -OCH3 is 2. The lowest BCUT2D eigenvalue weighted by Crippen LogP contribution is -2.51. The summed E-state index contributed by atoms with van der Waals surface area (Å²) >= 11 is 0. The number of amides is 2. The van der Waals surface area contributed by atoms with Gasteiger partial charge in [0.25, 0.3) is 5.91 Å². The summed E-state index contributed by atoms with van der Waals surface area (Å²) in [4.78, 5) is 26.1. The van der Waals surface area contributed by atoms with Crippen molar-refractivity contribution in [2.75, 3.05) is 52.3 Å². The highest BCUT2D eigenvalue weighted by Gasteiger charge is 2.32. The first-order valence-electron chi connectivity index (χ1n) is 10.8. The average molecular weight is 490 g/mol. The van der Waals surface area contributed by atoms with Crippen LogP contribution in [-0.4, -0.2) is 76.4 Å². The first kappa shape index (κ1) is 23.8. The Morgan fingerprint density at radius 2 is 1.76 bits per heavy atom. The number of nitrogens with one attached hydrogen (secondary N) is 1. The van der Waals surface area contributed by atoms with E-state index in [4.69, 9.17) is 14.2 Å². The molecule has 182 valence electrons. The molecule has 2 aliphatic rings. The monoisotopic (exact) mass is 489 g/mol. The van der Waals surface area contributed by atoms with Crippen LogP contribution >= 0.6 is 0 Å². The number of ether oxygens (including phenoxy) is 3. The fraction of sp³-hybridized carbons (Fsp3) is 0.391. The number of carbonyl (C=O) groups excluding carboxylic acids is 2. The van der Waals surface area contributed by atoms with Gasteiger partial charge in [-0.25, -0.2) is 8.42 Å². The summed E-state index contributed by atoms with van der Waals surface area (Å²) in [6, 6.07) is 8.38. The minimum Gasteiger partial charge on any atom is -0.493 e. The summed E-state index contributed by atoms with van der Waals surface area (Å²) in [5.74, 6) is 1.10. The number of nitrogens with zero attached hydrogens (tertiary/aromatic N) is 2. The number of carbonyl (C=O) groups is 2. The minimum absolute atomic E-state index is 0.0848. The summed E-state index contributed by atoms with van der Waals surface area (Å²) in [5.41, 5.74) is 1.75. The predicted molar refractivity (Wildman–Crippen MR) is 124 cm³/mol. The molecule has 2 amide bonds. The molecule has 11 heteroatoms. The molecule has 0 unspecified atom stereocenters. The number of hydrogen-bond donors (Lipinski definition) is 1. The Morgan fingerprint density at radius 3 is 2.44 bits per heavy atom. The molecule has 1 fully saturated rings. The second-order valence-corrected chi connectivity index (χ2v) is 10.0. The third-order valence-electron chi connectivity index (χ3n) is 5.92. The van der Waals surface area contributed by atoms with Gasteiger partial charge in [0.2, 0.25) is 15.9 Å². The molecule has 0 bridgehead atoms.